The van der Waals surface area contributed by atoms with E-state index in [0.717, 1.165) is 18.4 Å². The molecule has 3 rings (SSSR count). The molecule has 1 N–H and O–H groups in total. The van der Waals surface area contributed by atoms with Crippen LogP contribution in [0.5, 0.6) is 0 Å². The second-order valence-electron chi connectivity index (χ2n) is 6.50. The van der Waals surface area contributed by atoms with Gasteiger partial charge in [-0.25, -0.2) is 0 Å². The Morgan fingerprint density at radius 3 is 2.67 bits per heavy atom. The molecular weight excluding hydrogens is 278 g/mol. The largest absolute Gasteiger partial charge is 0.375 e. The molecule has 116 valence electrons. The zero-order valence-electron chi connectivity index (χ0n) is 13.1. The van der Waals surface area contributed by atoms with Crippen molar-refractivity contribution in [1.29, 1.82) is 0 Å². The molecule has 1 unspecified atom stereocenters. The summed E-state index contributed by atoms with van der Waals surface area (Å²) in [6.45, 7) is 1.90. The fraction of sp³-hybridized carbons (Fsp3) is 0.667. The summed E-state index contributed by atoms with van der Waals surface area (Å²) in [6.07, 6.45) is 9.12. The number of hydrogen-bond donors (Lipinski definition) is 1. The van der Waals surface area contributed by atoms with E-state index in [1.807, 2.05) is 7.05 Å². The summed E-state index contributed by atoms with van der Waals surface area (Å²) in [5.74, 6) is 0. The van der Waals surface area contributed by atoms with Crippen molar-refractivity contribution in [2.45, 2.75) is 67.2 Å². The van der Waals surface area contributed by atoms with E-state index in [4.69, 9.17) is 4.74 Å². The summed E-state index contributed by atoms with van der Waals surface area (Å²) in [4.78, 5) is 1.41. The van der Waals surface area contributed by atoms with Crippen LogP contribution in [0, 0.1) is 0 Å². The maximum atomic E-state index is 6.20. The molecule has 3 heteroatoms. The van der Waals surface area contributed by atoms with E-state index in [1.165, 1.54) is 55.4 Å². The monoisotopic (exact) mass is 305 g/mol. The van der Waals surface area contributed by atoms with E-state index in [-0.39, 0.29) is 5.60 Å². The van der Waals surface area contributed by atoms with Crippen molar-refractivity contribution >= 4 is 11.8 Å². The highest BCUT2D eigenvalue weighted by Gasteiger charge is 2.38. The van der Waals surface area contributed by atoms with E-state index in [2.05, 4.69) is 41.3 Å². The minimum atomic E-state index is 0.222. The van der Waals surface area contributed by atoms with Gasteiger partial charge in [0.15, 0.2) is 0 Å². The molecule has 1 aromatic rings. The molecule has 0 bridgehead atoms. The summed E-state index contributed by atoms with van der Waals surface area (Å²) in [5.41, 5.74) is 1.58. The Morgan fingerprint density at radius 1 is 1.19 bits per heavy atom. The Bertz CT molecular complexity index is 434. The molecule has 1 saturated carbocycles. The minimum absolute atomic E-state index is 0.222. The molecule has 2 aliphatic rings. The van der Waals surface area contributed by atoms with Crippen LogP contribution in [-0.2, 0) is 11.3 Å². The van der Waals surface area contributed by atoms with Gasteiger partial charge < -0.3 is 10.1 Å². The molecule has 1 heterocycles. The van der Waals surface area contributed by atoms with Gasteiger partial charge >= 0.3 is 0 Å². The lowest BCUT2D eigenvalue weighted by Gasteiger charge is -2.43. The molecule has 1 aliphatic carbocycles. The van der Waals surface area contributed by atoms with Crippen molar-refractivity contribution in [3.8, 4) is 0 Å². The highest BCUT2D eigenvalue weighted by atomic mass is 32.2. The summed E-state index contributed by atoms with van der Waals surface area (Å²) in [5, 5.41) is 3.93. The molecule has 1 aromatic carbocycles. The van der Waals surface area contributed by atoms with Gasteiger partial charge in [0.1, 0.15) is 0 Å². The summed E-state index contributed by atoms with van der Waals surface area (Å²) >= 11 is 2.06. The van der Waals surface area contributed by atoms with Gasteiger partial charge in [-0.05, 0) is 50.4 Å². The van der Waals surface area contributed by atoms with Crippen molar-refractivity contribution in [2.24, 2.45) is 0 Å². The van der Waals surface area contributed by atoms with E-state index < -0.39 is 0 Å². The molecule has 0 radical (unpaired) electrons. The first-order valence-electron chi connectivity index (χ1n) is 8.34. The molecule has 1 saturated heterocycles. The van der Waals surface area contributed by atoms with Crippen molar-refractivity contribution < 1.29 is 4.74 Å². The van der Waals surface area contributed by atoms with Crippen LogP contribution in [0.3, 0.4) is 0 Å². The van der Waals surface area contributed by atoms with Crippen LogP contribution < -0.4 is 5.32 Å². The van der Waals surface area contributed by atoms with Crippen LogP contribution in [0.1, 0.15) is 50.5 Å². The number of rotatable bonds is 4. The number of hydrogen-bond acceptors (Lipinski definition) is 3. The molecular formula is C18H27NOS. The van der Waals surface area contributed by atoms with Gasteiger partial charge in [0.25, 0.3) is 0 Å². The third-order valence-electron chi connectivity index (χ3n) is 4.82. The zero-order valence-corrected chi connectivity index (χ0v) is 13.9. The number of ether oxygens (including phenoxy) is 1. The quantitative estimate of drug-likeness (QED) is 0.892. The highest BCUT2D eigenvalue weighted by molar-refractivity contribution is 8.00. The van der Waals surface area contributed by atoms with Crippen LogP contribution in [0.15, 0.2) is 29.2 Å². The maximum Gasteiger partial charge on any atom is 0.0693 e. The first kappa shape index (κ1) is 15.4. The summed E-state index contributed by atoms with van der Waals surface area (Å²) in [6, 6.07) is 9.05. The predicted octanol–water partition coefficient (Wildman–Crippen LogP) is 4.38. The van der Waals surface area contributed by atoms with Crippen molar-refractivity contribution in [2.75, 3.05) is 13.7 Å². The minimum Gasteiger partial charge on any atom is -0.375 e. The van der Waals surface area contributed by atoms with Gasteiger partial charge in [-0.3, -0.25) is 0 Å². The van der Waals surface area contributed by atoms with Crippen molar-refractivity contribution in [3.05, 3.63) is 29.8 Å². The van der Waals surface area contributed by atoms with Crippen LogP contribution in [0.25, 0.3) is 0 Å². The number of nitrogens with one attached hydrogen (secondary N) is 1. The SMILES string of the molecule is CNCc1ccc(SC2CCOC3(CCCCC3)C2)cc1. The number of benzene rings is 1. The number of thioether (sulfide) groups is 1. The van der Waals surface area contributed by atoms with Gasteiger partial charge in [0.05, 0.1) is 5.60 Å². The fourth-order valence-electron chi connectivity index (χ4n) is 3.71. The van der Waals surface area contributed by atoms with E-state index >= 15 is 0 Å². The molecule has 2 nitrogen and oxygen atoms in total. The Morgan fingerprint density at radius 2 is 1.95 bits per heavy atom. The molecule has 21 heavy (non-hydrogen) atoms. The summed E-state index contributed by atoms with van der Waals surface area (Å²) in [7, 11) is 1.99. The average molecular weight is 305 g/mol. The molecule has 1 aliphatic heterocycles. The fourth-order valence-corrected chi connectivity index (χ4v) is 4.99. The van der Waals surface area contributed by atoms with Crippen LogP contribution >= 0.6 is 11.8 Å². The van der Waals surface area contributed by atoms with Crippen molar-refractivity contribution in [1.82, 2.24) is 5.32 Å². The first-order valence-corrected chi connectivity index (χ1v) is 9.22. The van der Waals surface area contributed by atoms with Gasteiger partial charge in [-0.2, -0.15) is 0 Å². The molecule has 2 fully saturated rings. The maximum absolute atomic E-state index is 6.20. The Hall–Kier alpha value is -0.510. The van der Waals surface area contributed by atoms with Gasteiger partial charge in [0, 0.05) is 23.3 Å². The average Bonchev–Trinajstić information content (AvgIpc) is 2.50. The molecule has 0 amide bonds. The summed E-state index contributed by atoms with van der Waals surface area (Å²) < 4.78 is 6.20. The van der Waals surface area contributed by atoms with Crippen LogP contribution in [0.4, 0.5) is 0 Å². The second kappa shape index (κ2) is 7.17. The standard InChI is InChI=1S/C18H27NOS/c1-19-14-15-5-7-16(8-6-15)21-17-9-12-20-18(13-17)10-3-2-4-11-18/h5-8,17,19H,2-4,9-14H2,1H3. The normalized spacial score (nSPS) is 25.1. The third kappa shape index (κ3) is 4.02. The highest BCUT2D eigenvalue weighted by Crippen LogP contribution is 2.43. The van der Waals surface area contributed by atoms with E-state index in [0.29, 0.717) is 0 Å². The van der Waals surface area contributed by atoms with Gasteiger partial charge in [-0.1, -0.05) is 31.4 Å². The Balaban J connectivity index is 1.59. The lowest BCUT2D eigenvalue weighted by Crippen LogP contribution is -2.42. The molecule has 0 aromatic heterocycles. The smallest absolute Gasteiger partial charge is 0.0693 e. The second-order valence-corrected chi connectivity index (χ2v) is 7.87. The lowest BCUT2D eigenvalue weighted by molar-refractivity contribution is -0.0970. The third-order valence-corrected chi connectivity index (χ3v) is 6.10. The molecule has 1 atom stereocenters. The van der Waals surface area contributed by atoms with E-state index in [1.54, 1.807) is 0 Å². The van der Waals surface area contributed by atoms with E-state index in [9.17, 15) is 0 Å². The van der Waals surface area contributed by atoms with Crippen LogP contribution in [0.2, 0.25) is 0 Å². The van der Waals surface area contributed by atoms with Gasteiger partial charge in [-0.15, -0.1) is 11.8 Å². The predicted molar refractivity (Wildman–Crippen MR) is 89.9 cm³/mol. The van der Waals surface area contributed by atoms with Crippen LogP contribution in [-0.4, -0.2) is 24.5 Å². The molecule has 1 spiro atoms. The van der Waals surface area contributed by atoms with Gasteiger partial charge in [0.2, 0.25) is 0 Å². The zero-order chi connectivity index (χ0) is 14.5. The van der Waals surface area contributed by atoms with Crippen molar-refractivity contribution in [3.63, 3.8) is 0 Å². The first-order chi connectivity index (χ1) is 10.3. The Labute approximate surface area is 133 Å². The Kier molecular flexibility index (Phi) is 5.25. The lowest BCUT2D eigenvalue weighted by atomic mass is 9.80. The topological polar surface area (TPSA) is 21.3 Å².